The Morgan fingerprint density at radius 1 is 1.20 bits per heavy atom. The first-order valence-electron chi connectivity index (χ1n) is 7.89. The van der Waals surface area contributed by atoms with Crippen molar-refractivity contribution in [3.63, 3.8) is 0 Å². The van der Waals surface area contributed by atoms with Gasteiger partial charge in [-0.2, -0.15) is 5.10 Å². The lowest BCUT2D eigenvalue weighted by Crippen LogP contribution is -2.24. The number of aromatic amines is 1. The van der Waals surface area contributed by atoms with Gasteiger partial charge in [0.15, 0.2) is 0 Å². The van der Waals surface area contributed by atoms with E-state index in [0.29, 0.717) is 5.69 Å². The van der Waals surface area contributed by atoms with Gasteiger partial charge < -0.3 is 14.7 Å². The van der Waals surface area contributed by atoms with E-state index >= 15 is 0 Å². The van der Waals surface area contributed by atoms with E-state index in [4.69, 9.17) is 4.74 Å². The lowest BCUT2D eigenvalue weighted by atomic mass is 9.96. The molecule has 0 saturated carbocycles. The fourth-order valence-electron chi connectivity index (χ4n) is 3.32. The quantitative estimate of drug-likeness (QED) is 0.771. The predicted octanol–water partition coefficient (Wildman–Crippen LogP) is 2.97. The van der Waals surface area contributed by atoms with Crippen molar-refractivity contribution in [3.8, 4) is 22.8 Å². The highest BCUT2D eigenvalue weighted by Gasteiger charge is 2.40. The molecule has 1 aromatic heterocycles. The third-order valence-corrected chi connectivity index (χ3v) is 4.55. The van der Waals surface area contributed by atoms with Gasteiger partial charge in [-0.1, -0.05) is 12.1 Å². The summed E-state index contributed by atoms with van der Waals surface area (Å²) in [4.78, 5) is 14.2. The number of H-pyrrole nitrogens is 1. The van der Waals surface area contributed by atoms with Crippen molar-refractivity contribution < 1.29 is 14.6 Å². The summed E-state index contributed by atoms with van der Waals surface area (Å²) in [5.41, 5.74) is 3.77. The molecular weight excluding hydrogens is 318 g/mol. The number of hydrogen-bond donors (Lipinski definition) is 2. The van der Waals surface area contributed by atoms with Crippen molar-refractivity contribution in [2.45, 2.75) is 6.04 Å². The number of nitrogens with one attached hydrogen (secondary N) is 1. The highest BCUT2D eigenvalue weighted by molar-refractivity contribution is 6.00. The first-order valence-corrected chi connectivity index (χ1v) is 7.89. The van der Waals surface area contributed by atoms with Crippen LogP contribution in [0.5, 0.6) is 11.5 Å². The van der Waals surface area contributed by atoms with E-state index in [2.05, 4.69) is 10.2 Å². The van der Waals surface area contributed by atoms with Crippen LogP contribution in [0.4, 0.5) is 0 Å². The number of carbonyl (C=O) groups excluding carboxylic acids is 1. The van der Waals surface area contributed by atoms with Crippen molar-refractivity contribution in [1.82, 2.24) is 15.1 Å². The normalized spacial score (nSPS) is 16.2. The summed E-state index contributed by atoms with van der Waals surface area (Å²) in [7, 11) is 3.37. The molecule has 25 heavy (non-hydrogen) atoms. The highest BCUT2D eigenvalue weighted by Crippen LogP contribution is 2.42. The zero-order valence-electron chi connectivity index (χ0n) is 13.9. The molecule has 2 N–H and O–H groups in total. The van der Waals surface area contributed by atoms with E-state index in [9.17, 15) is 9.90 Å². The summed E-state index contributed by atoms with van der Waals surface area (Å²) in [6.07, 6.45) is 0. The molecule has 6 heteroatoms. The molecule has 126 valence electrons. The van der Waals surface area contributed by atoms with Gasteiger partial charge in [0.2, 0.25) is 0 Å². The number of phenols is 1. The number of methoxy groups -OCH3 is 1. The SMILES string of the molecule is COc1ccc(-c2n[nH]c3c2C(c2cccc(O)c2)N(C)C3=O)cc1. The lowest BCUT2D eigenvalue weighted by Gasteiger charge is -2.22. The third kappa shape index (κ3) is 2.34. The fraction of sp³-hybridized carbons (Fsp3) is 0.158. The predicted molar refractivity (Wildman–Crippen MR) is 92.6 cm³/mol. The maximum atomic E-state index is 12.6. The van der Waals surface area contributed by atoms with E-state index in [1.807, 2.05) is 30.3 Å². The monoisotopic (exact) mass is 335 g/mol. The van der Waals surface area contributed by atoms with Crippen LogP contribution in [0.3, 0.4) is 0 Å². The number of ether oxygens (including phenoxy) is 1. The third-order valence-electron chi connectivity index (χ3n) is 4.55. The van der Waals surface area contributed by atoms with Gasteiger partial charge in [0.1, 0.15) is 17.2 Å². The van der Waals surface area contributed by atoms with Gasteiger partial charge in [0.25, 0.3) is 5.91 Å². The van der Waals surface area contributed by atoms with Crippen molar-refractivity contribution in [2.24, 2.45) is 0 Å². The molecule has 1 atom stereocenters. The first-order chi connectivity index (χ1) is 12.1. The van der Waals surface area contributed by atoms with E-state index in [1.54, 1.807) is 37.3 Å². The number of carbonyl (C=O) groups is 1. The first kappa shape index (κ1) is 15.3. The van der Waals surface area contributed by atoms with Gasteiger partial charge in [-0.25, -0.2) is 0 Å². The standard InChI is InChI=1S/C19H17N3O3/c1-22-18(12-4-3-5-13(23)10-12)15-16(20-21-17(15)19(22)24)11-6-8-14(25-2)9-7-11/h3-10,18,23H,1-2H3,(H,20,21). The minimum Gasteiger partial charge on any atom is -0.508 e. The zero-order valence-corrected chi connectivity index (χ0v) is 13.9. The molecule has 0 bridgehead atoms. The van der Waals surface area contributed by atoms with Crippen LogP contribution in [0.1, 0.15) is 27.7 Å². The van der Waals surface area contributed by atoms with Gasteiger partial charge in [-0.3, -0.25) is 9.89 Å². The molecule has 3 aromatic rings. The van der Waals surface area contributed by atoms with Crippen LogP contribution < -0.4 is 4.74 Å². The van der Waals surface area contributed by atoms with E-state index in [1.165, 1.54) is 0 Å². The molecule has 6 nitrogen and oxygen atoms in total. The molecule has 1 unspecified atom stereocenters. The van der Waals surface area contributed by atoms with Crippen LogP contribution in [0.25, 0.3) is 11.3 Å². The molecule has 1 aliphatic heterocycles. The summed E-state index contributed by atoms with van der Waals surface area (Å²) in [6.45, 7) is 0. The summed E-state index contributed by atoms with van der Waals surface area (Å²) < 4.78 is 5.20. The number of benzene rings is 2. The van der Waals surface area contributed by atoms with E-state index in [0.717, 1.165) is 28.1 Å². The number of aromatic nitrogens is 2. The molecule has 2 heterocycles. The Hall–Kier alpha value is -3.28. The molecular formula is C19H17N3O3. The van der Waals surface area contributed by atoms with E-state index < -0.39 is 0 Å². The molecule has 0 saturated heterocycles. The summed E-state index contributed by atoms with van der Waals surface area (Å²) in [5, 5.41) is 17.1. The number of hydrogen-bond acceptors (Lipinski definition) is 4. The van der Waals surface area contributed by atoms with Crippen LogP contribution in [0.15, 0.2) is 48.5 Å². The number of fused-ring (bicyclic) bond motifs is 1. The maximum absolute atomic E-state index is 12.6. The lowest BCUT2D eigenvalue weighted by molar-refractivity contribution is 0.0787. The molecule has 0 spiro atoms. The number of aromatic hydroxyl groups is 1. The van der Waals surface area contributed by atoms with Crippen LogP contribution >= 0.6 is 0 Å². The zero-order chi connectivity index (χ0) is 17.6. The van der Waals surface area contributed by atoms with Crippen molar-refractivity contribution in [1.29, 1.82) is 0 Å². The topological polar surface area (TPSA) is 78.5 Å². The van der Waals surface area contributed by atoms with E-state index in [-0.39, 0.29) is 17.7 Å². The number of amides is 1. The van der Waals surface area contributed by atoms with Gasteiger partial charge >= 0.3 is 0 Å². The van der Waals surface area contributed by atoms with Crippen LogP contribution in [-0.4, -0.2) is 40.3 Å². The minimum atomic E-state index is -0.301. The van der Waals surface area contributed by atoms with Gasteiger partial charge in [-0.15, -0.1) is 0 Å². The summed E-state index contributed by atoms with van der Waals surface area (Å²) >= 11 is 0. The second-order valence-electron chi connectivity index (χ2n) is 6.00. The molecule has 1 aliphatic rings. The maximum Gasteiger partial charge on any atom is 0.272 e. The molecule has 1 amide bonds. The summed E-state index contributed by atoms with van der Waals surface area (Å²) in [6, 6.07) is 14.2. The minimum absolute atomic E-state index is 0.115. The van der Waals surface area contributed by atoms with Crippen molar-refractivity contribution >= 4 is 5.91 Å². The Labute approximate surface area is 144 Å². The average molecular weight is 335 g/mol. The molecule has 2 aromatic carbocycles. The summed E-state index contributed by atoms with van der Waals surface area (Å²) in [5.74, 6) is 0.811. The van der Waals surface area contributed by atoms with Gasteiger partial charge in [-0.05, 0) is 42.0 Å². The largest absolute Gasteiger partial charge is 0.508 e. The molecule has 0 fully saturated rings. The van der Waals surface area contributed by atoms with Gasteiger partial charge in [0.05, 0.1) is 18.8 Å². The second-order valence-corrected chi connectivity index (χ2v) is 6.00. The highest BCUT2D eigenvalue weighted by atomic mass is 16.5. The Morgan fingerprint density at radius 3 is 2.64 bits per heavy atom. The Bertz CT molecular complexity index is 947. The number of nitrogens with zero attached hydrogens (tertiary/aromatic N) is 2. The second kappa shape index (κ2) is 5.66. The molecule has 4 rings (SSSR count). The van der Waals surface area contributed by atoms with Gasteiger partial charge in [0, 0.05) is 18.2 Å². The Balaban J connectivity index is 1.86. The molecule has 0 aliphatic carbocycles. The van der Waals surface area contributed by atoms with Crippen molar-refractivity contribution in [3.05, 3.63) is 65.4 Å². The average Bonchev–Trinajstić information content (AvgIpc) is 3.15. The van der Waals surface area contributed by atoms with Crippen molar-refractivity contribution in [2.75, 3.05) is 14.2 Å². The Morgan fingerprint density at radius 2 is 1.96 bits per heavy atom. The number of rotatable bonds is 3. The van der Waals surface area contributed by atoms with Crippen LogP contribution in [0.2, 0.25) is 0 Å². The Kier molecular flexibility index (Phi) is 3.46. The smallest absolute Gasteiger partial charge is 0.272 e. The molecule has 0 radical (unpaired) electrons. The van der Waals surface area contributed by atoms with Crippen LogP contribution in [-0.2, 0) is 0 Å². The van der Waals surface area contributed by atoms with Crippen LogP contribution in [0, 0.1) is 0 Å². The number of phenolic OH excluding ortho intramolecular Hbond substituents is 1. The fourth-order valence-corrected chi connectivity index (χ4v) is 3.32.